The van der Waals surface area contributed by atoms with E-state index in [1.54, 1.807) is 6.07 Å². The molecule has 0 radical (unpaired) electrons. The van der Waals surface area contributed by atoms with Crippen LogP contribution in [-0.4, -0.2) is 22.8 Å². The number of rotatable bonds is 2. The van der Waals surface area contributed by atoms with E-state index >= 15 is 0 Å². The molecule has 0 spiro atoms. The Bertz CT molecular complexity index is 399. The number of halogens is 3. The van der Waals surface area contributed by atoms with E-state index in [0.29, 0.717) is 10.7 Å². The van der Waals surface area contributed by atoms with Gasteiger partial charge in [-0.1, -0.05) is 40.5 Å². The Kier molecular flexibility index (Phi) is 4.45. The second kappa shape index (κ2) is 5.68. The number of likely N-dealkylation sites (tertiary alicyclic amines) is 1. The van der Waals surface area contributed by atoms with Gasteiger partial charge in [0.1, 0.15) is 5.82 Å². The van der Waals surface area contributed by atoms with Gasteiger partial charge in [0.2, 0.25) is 0 Å². The lowest BCUT2D eigenvalue weighted by atomic mass is 9.98. The fraction of sp³-hybridized carbons (Fsp3) is 0.538. The molecule has 2 rings (SSSR count). The maximum Gasteiger partial charge on any atom is 0.142 e. The van der Waals surface area contributed by atoms with E-state index in [-0.39, 0.29) is 10.8 Å². The maximum atomic E-state index is 13.3. The van der Waals surface area contributed by atoms with Gasteiger partial charge in [0, 0.05) is 17.9 Å². The molecule has 0 saturated carbocycles. The lowest BCUT2D eigenvalue weighted by Crippen LogP contribution is -2.39. The van der Waals surface area contributed by atoms with Crippen LogP contribution in [0.3, 0.4) is 0 Å². The van der Waals surface area contributed by atoms with Gasteiger partial charge in [-0.05, 0) is 36.6 Å². The van der Waals surface area contributed by atoms with Crippen LogP contribution in [0, 0.1) is 11.7 Å². The highest BCUT2D eigenvalue weighted by Gasteiger charge is 2.23. The Hall–Kier alpha value is -0.120. The molecule has 0 N–H and O–H groups in total. The summed E-state index contributed by atoms with van der Waals surface area (Å²) >= 11 is 9.37. The fourth-order valence-electron chi connectivity index (χ4n) is 2.12. The first-order valence-corrected chi connectivity index (χ1v) is 7.16. The minimum atomic E-state index is -0.329. The van der Waals surface area contributed by atoms with Crippen LogP contribution < -0.4 is 0 Å². The van der Waals surface area contributed by atoms with Gasteiger partial charge in [-0.15, -0.1) is 0 Å². The van der Waals surface area contributed by atoms with E-state index in [1.165, 1.54) is 12.5 Å². The van der Waals surface area contributed by atoms with Crippen molar-refractivity contribution in [2.75, 3.05) is 13.1 Å². The third-order valence-corrected chi connectivity index (χ3v) is 4.84. The highest BCUT2D eigenvalue weighted by Crippen LogP contribution is 2.25. The lowest BCUT2D eigenvalue weighted by molar-refractivity contribution is 0.194. The SMILES string of the molecule is CC1CCN(Cc2ccc(Cl)c(F)c2)CC1Br. The lowest BCUT2D eigenvalue weighted by Gasteiger charge is -2.34. The minimum absolute atomic E-state index is 0.194. The largest absolute Gasteiger partial charge is 0.298 e. The summed E-state index contributed by atoms with van der Waals surface area (Å²) < 4.78 is 13.3. The first kappa shape index (κ1) is 13.3. The molecule has 1 aliphatic heterocycles. The van der Waals surface area contributed by atoms with E-state index in [1.807, 2.05) is 6.07 Å². The van der Waals surface area contributed by atoms with Crippen LogP contribution in [0.1, 0.15) is 18.9 Å². The van der Waals surface area contributed by atoms with E-state index in [0.717, 1.165) is 25.2 Å². The van der Waals surface area contributed by atoms with E-state index in [9.17, 15) is 4.39 Å². The van der Waals surface area contributed by atoms with Gasteiger partial charge < -0.3 is 0 Å². The zero-order valence-corrected chi connectivity index (χ0v) is 12.1. The Balaban J connectivity index is 1.99. The van der Waals surface area contributed by atoms with Gasteiger partial charge in [0.15, 0.2) is 0 Å². The topological polar surface area (TPSA) is 3.24 Å². The average Bonchev–Trinajstić information content (AvgIpc) is 2.29. The molecule has 94 valence electrons. The second-order valence-corrected chi connectivity index (χ2v) is 6.35. The third-order valence-electron chi connectivity index (χ3n) is 3.34. The zero-order valence-electron chi connectivity index (χ0n) is 9.80. The summed E-state index contributed by atoms with van der Waals surface area (Å²) in [5.74, 6) is 0.387. The molecule has 1 heterocycles. The third kappa shape index (κ3) is 3.43. The van der Waals surface area contributed by atoms with Crippen molar-refractivity contribution in [1.82, 2.24) is 4.90 Å². The molecule has 0 bridgehead atoms. The number of benzene rings is 1. The molecule has 1 nitrogen and oxygen atoms in total. The van der Waals surface area contributed by atoms with Gasteiger partial charge in [0.25, 0.3) is 0 Å². The van der Waals surface area contributed by atoms with Crippen LogP contribution >= 0.6 is 27.5 Å². The van der Waals surface area contributed by atoms with Crippen molar-refractivity contribution in [3.8, 4) is 0 Å². The average molecular weight is 321 g/mol. The standard InChI is InChI=1S/C13H16BrClFN/c1-9-4-5-17(8-11(9)14)7-10-2-3-12(15)13(16)6-10/h2-3,6,9,11H,4-5,7-8H2,1H3. The molecule has 4 heteroatoms. The van der Waals surface area contributed by atoms with Gasteiger partial charge >= 0.3 is 0 Å². The highest BCUT2D eigenvalue weighted by molar-refractivity contribution is 9.09. The first-order chi connectivity index (χ1) is 8.06. The van der Waals surface area contributed by atoms with Crippen molar-refractivity contribution in [2.45, 2.75) is 24.7 Å². The molecule has 0 aromatic heterocycles. The monoisotopic (exact) mass is 319 g/mol. The molecule has 0 amide bonds. The number of piperidine rings is 1. The van der Waals surface area contributed by atoms with Crippen LogP contribution in [0.25, 0.3) is 0 Å². The summed E-state index contributed by atoms with van der Waals surface area (Å²) in [6.45, 7) is 5.15. The zero-order chi connectivity index (χ0) is 12.4. The van der Waals surface area contributed by atoms with E-state index in [4.69, 9.17) is 11.6 Å². The van der Waals surface area contributed by atoms with E-state index in [2.05, 4.69) is 27.8 Å². The van der Waals surface area contributed by atoms with Crippen LogP contribution in [0.15, 0.2) is 18.2 Å². The quantitative estimate of drug-likeness (QED) is 0.742. The first-order valence-electron chi connectivity index (χ1n) is 5.86. The van der Waals surface area contributed by atoms with Crippen LogP contribution in [-0.2, 0) is 6.54 Å². The number of alkyl halides is 1. The summed E-state index contributed by atoms with van der Waals surface area (Å²) in [7, 11) is 0. The Morgan fingerprint density at radius 3 is 2.94 bits per heavy atom. The summed E-state index contributed by atoms with van der Waals surface area (Å²) in [5, 5.41) is 0.194. The predicted octanol–water partition coefficient (Wildman–Crippen LogP) is 4.08. The molecule has 1 fully saturated rings. The van der Waals surface area contributed by atoms with Crippen LogP contribution in [0.2, 0.25) is 5.02 Å². The Morgan fingerprint density at radius 1 is 1.53 bits per heavy atom. The molecule has 0 aliphatic carbocycles. The second-order valence-electron chi connectivity index (χ2n) is 4.77. The molecular formula is C13H16BrClFN. The number of nitrogens with zero attached hydrogens (tertiary/aromatic N) is 1. The minimum Gasteiger partial charge on any atom is -0.298 e. The number of hydrogen-bond donors (Lipinski definition) is 0. The van der Waals surface area contributed by atoms with Crippen LogP contribution in [0.5, 0.6) is 0 Å². The van der Waals surface area contributed by atoms with Gasteiger partial charge in [0.05, 0.1) is 5.02 Å². The Labute approximate surface area is 115 Å². The van der Waals surface area contributed by atoms with Crippen molar-refractivity contribution in [3.05, 3.63) is 34.6 Å². The molecule has 1 aromatic carbocycles. The molecule has 1 saturated heterocycles. The molecule has 2 atom stereocenters. The summed E-state index contributed by atoms with van der Waals surface area (Å²) in [4.78, 5) is 2.88. The van der Waals surface area contributed by atoms with Crippen LogP contribution in [0.4, 0.5) is 4.39 Å². The molecule has 17 heavy (non-hydrogen) atoms. The molecule has 1 aromatic rings. The molecule has 2 unspecified atom stereocenters. The van der Waals surface area contributed by atoms with Crippen molar-refractivity contribution < 1.29 is 4.39 Å². The fourth-order valence-corrected chi connectivity index (χ4v) is 2.92. The van der Waals surface area contributed by atoms with Gasteiger partial charge in [-0.2, -0.15) is 0 Å². The highest BCUT2D eigenvalue weighted by atomic mass is 79.9. The smallest absolute Gasteiger partial charge is 0.142 e. The van der Waals surface area contributed by atoms with Crippen molar-refractivity contribution in [1.29, 1.82) is 0 Å². The normalized spacial score (nSPS) is 26.1. The van der Waals surface area contributed by atoms with Gasteiger partial charge in [-0.3, -0.25) is 4.90 Å². The van der Waals surface area contributed by atoms with Gasteiger partial charge in [-0.25, -0.2) is 4.39 Å². The number of hydrogen-bond acceptors (Lipinski definition) is 1. The van der Waals surface area contributed by atoms with E-state index < -0.39 is 0 Å². The summed E-state index contributed by atoms with van der Waals surface area (Å²) in [5.41, 5.74) is 0.987. The summed E-state index contributed by atoms with van der Waals surface area (Å²) in [6.07, 6.45) is 1.19. The molecule has 1 aliphatic rings. The van der Waals surface area contributed by atoms with Crippen molar-refractivity contribution >= 4 is 27.5 Å². The molecular weight excluding hydrogens is 305 g/mol. The predicted molar refractivity (Wildman–Crippen MR) is 73.2 cm³/mol. The Morgan fingerprint density at radius 2 is 2.29 bits per heavy atom. The summed E-state index contributed by atoms with van der Waals surface area (Å²) in [6, 6.07) is 5.06. The maximum absolute atomic E-state index is 13.3. The van der Waals surface area contributed by atoms with Crippen molar-refractivity contribution in [2.24, 2.45) is 5.92 Å². The van der Waals surface area contributed by atoms with Crippen molar-refractivity contribution in [3.63, 3.8) is 0 Å².